The first-order valence-electron chi connectivity index (χ1n) is 4.44. The van der Waals surface area contributed by atoms with Gasteiger partial charge in [0.05, 0.1) is 0 Å². The van der Waals surface area contributed by atoms with Gasteiger partial charge in [-0.1, -0.05) is 0 Å². The Morgan fingerprint density at radius 1 is 1.58 bits per heavy atom. The number of nitrogens with one attached hydrogen (secondary N) is 3. The third kappa shape index (κ3) is 3.57. The highest BCUT2D eigenvalue weighted by atomic mass is 16.2. The molecule has 1 atom stereocenters. The first-order valence-corrected chi connectivity index (χ1v) is 4.44. The van der Waals surface area contributed by atoms with E-state index in [1.54, 1.807) is 0 Å². The van der Waals surface area contributed by atoms with Crippen molar-refractivity contribution in [3.63, 3.8) is 0 Å². The number of rotatable bonds is 4. The number of carbonyl (C=O) groups is 1. The molecular weight excluding hydrogens is 154 g/mol. The predicted octanol–water partition coefficient (Wildman–Crippen LogP) is 0.0559. The SMILES string of the molecule is CNC(C)CNC(=O)NC1CC1. The van der Waals surface area contributed by atoms with Crippen LogP contribution in [0.2, 0.25) is 0 Å². The van der Waals surface area contributed by atoms with Crippen LogP contribution in [0.25, 0.3) is 0 Å². The summed E-state index contributed by atoms with van der Waals surface area (Å²) in [5.74, 6) is 0. The molecule has 3 N–H and O–H groups in total. The van der Waals surface area contributed by atoms with Crippen molar-refractivity contribution in [1.82, 2.24) is 16.0 Å². The number of carbonyl (C=O) groups excluding carboxylic acids is 1. The van der Waals surface area contributed by atoms with Gasteiger partial charge in [-0.05, 0) is 26.8 Å². The highest BCUT2D eigenvalue weighted by Gasteiger charge is 2.22. The summed E-state index contributed by atoms with van der Waals surface area (Å²) in [6, 6.07) is 0.726. The second-order valence-electron chi connectivity index (χ2n) is 3.32. The number of likely N-dealkylation sites (N-methyl/N-ethyl adjacent to an activating group) is 1. The van der Waals surface area contributed by atoms with E-state index >= 15 is 0 Å². The maximum absolute atomic E-state index is 11.1. The van der Waals surface area contributed by atoms with E-state index in [0.717, 1.165) is 12.8 Å². The minimum Gasteiger partial charge on any atom is -0.337 e. The van der Waals surface area contributed by atoms with Gasteiger partial charge in [-0.15, -0.1) is 0 Å². The molecule has 0 aromatic rings. The Labute approximate surface area is 73.1 Å². The Balaban J connectivity index is 2.00. The lowest BCUT2D eigenvalue weighted by molar-refractivity contribution is 0.239. The molecule has 0 aliphatic heterocycles. The fraction of sp³-hybridized carbons (Fsp3) is 0.875. The third-order valence-corrected chi connectivity index (χ3v) is 1.97. The van der Waals surface area contributed by atoms with Crippen LogP contribution >= 0.6 is 0 Å². The van der Waals surface area contributed by atoms with Gasteiger partial charge in [0.25, 0.3) is 0 Å². The normalized spacial score (nSPS) is 18.5. The fourth-order valence-corrected chi connectivity index (χ4v) is 0.812. The quantitative estimate of drug-likeness (QED) is 0.560. The summed E-state index contributed by atoms with van der Waals surface area (Å²) in [7, 11) is 1.88. The van der Waals surface area contributed by atoms with Crippen LogP contribution in [-0.2, 0) is 0 Å². The molecule has 0 heterocycles. The van der Waals surface area contributed by atoms with Gasteiger partial charge < -0.3 is 16.0 Å². The minimum absolute atomic E-state index is 0.0420. The van der Waals surface area contributed by atoms with Crippen LogP contribution in [-0.4, -0.2) is 31.7 Å². The number of hydrogen-bond acceptors (Lipinski definition) is 2. The molecule has 70 valence electrons. The van der Waals surface area contributed by atoms with Crippen molar-refractivity contribution in [1.29, 1.82) is 0 Å². The summed E-state index contributed by atoms with van der Waals surface area (Å²) < 4.78 is 0. The molecule has 0 aromatic carbocycles. The summed E-state index contributed by atoms with van der Waals surface area (Å²) in [4.78, 5) is 11.1. The van der Waals surface area contributed by atoms with Crippen LogP contribution in [0, 0.1) is 0 Å². The second-order valence-corrected chi connectivity index (χ2v) is 3.32. The van der Waals surface area contributed by atoms with E-state index in [1.807, 2.05) is 14.0 Å². The van der Waals surface area contributed by atoms with Crippen LogP contribution in [0.15, 0.2) is 0 Å². The summed E-state index contributed by atoms with van der Waals surface area (Å²) >= 11 is 0. The number of hydrogen-bond donors (Lipinski definition) is 3. The molecule has 0 bridgehead atoms. The topological polar surface area (TPSA) is 53.2 Å². The zero-order valence-corrected chi connectivity index (χ0v) is 7.68. The highest BCUT2D eigenvalue weighted by Crippen LogP contribution is 2.18. The Kier molecular flexibility index (Phi) is 3.34. The number of amides is 2. The van der Waals surface area contributed by atoms with Crippen molar-refractivity contribution in [2.75, 3.05) is 13.6 Å². The van der Waals surface area contributed by atoms with E-state index in [4.69, 9.17) is 0 Å². The second kappa shape index (κ2) is 4.30. The van der Waals surface area contributed by atoms with Gasteiger partial charge in [0.2, 0.25) is 0 Å². The lowest BCUT2D eigenvalue weighted by Gasteiger charge is -2.11. The van der Waals surface area contributed by atoms with E-state index < -0.39 is 0 Å². The standard InChI is InChI=1S/C8H17N3O/c1-6(9-2)5-10-8(12)11-7-3-4-7/h6-7,9H,3-5H2,1-2H3,(H2,10,11,12). The predicted molar refractivity (Wildman–Crippen MR) is 48.1 cm³/mol. The molecule has 1 aliphatic carbocycles. The Morgan fingerprint density at radius 2 is 2.25 bits per heavy atom. The molecule has 0 spiro atoms. The molecule has 1 rings (SSSR count). The lowest BCUT2D eigenvalue weighted by atomic mass is 10.3. The Bertz CT molecular complexity index is 156. The largest absolute Gasteiger partial charge is 0.337 e. The lowest BCUT2D eigenvalue weighted by Crippen LogP contribution is -2.43. The van der Waals surface area contributed by atoms with Gasteiger partial charge in [-0.25, -0.2) is 4.79 Å². The van der Waals surface area contributed by atoms with Gasteiger partial charge in [0, 0.05) is 18.6 Å². The van der Waals surface area contributed by atoms with Crippen molar-refractivity contribution in [2.45, 2.75) is 31.8 Å². The summed E-state index contributed by atoms with van der Waals surface area (Å²) in [5, 5.41) is 8.69. The molecule has 2 amide bonds. The molecule has 0 saturated heterocycles. The summed E-state index contributed by atoms with van der Waals surface area (Å²) in [6.07, 6.45) is 2.27. The molecular formula is C8H17N3O. The Morgan fingerprint density at radius 3 is 2.75 bits per heavy atom. The van der Waals surface area contributed by atoms with Gasteiger partial charge >= 0.3 is 6.03 Å². The van der Waals surface area contributed by atoms with Crippen molar-refractivity contribution in [3.05, 3.63) is 0 Å². The van der Waals surface area contributed by atoms with E-state index in [2.05, 4.69) is 16.0 Å². The molecule has 1 aliphatic rings. The van der Waals surface area contributed by atoms with Crippen molar-refractivity contribution in [2.24, 2.45) is 0 Å². The molecule has 1 unspecified atom stereocenters. The van der Waals surface area contributed by atoms with Gasteiger partial charge in [-0.3, -0.25) is 0 Å². The van der Waals surface area contributed by atoms with Crippen molar-refractivity contribution >= 4 is 6.03 Å². The molecule has 12 heavy (non-hydrogen) atoms. The average molecular weight is 171 g/mol. The zero-order chi connectivity index (χ0) is 8.97. The first kappa shape index (κ1) is 9.32. The molecule has 1 saturated carbocycles. The van der Waals surface area contributed by atoms with E-state index in [0.29, 0.717) is 18.6 Å². The van der Waals surface area contributed by atoms with Crippen LogP contribution < -0.4 is 16.0 Å². The summed E-state index contributed by atoms with van der Waals surface area (Å²) in [6.45, 7) is 2.70. The van der Waals surface area contributed by atoms with Crippen LogP contribution in [0.3, 0.4) is 0 Å². The molecule has 0 radical (unpaired) electrons. The van der Waals surface area contributed by atoms with Gasteiger partial charge in [-0.2, -0.15) is 0 Å². The first-order chi connectivity index (χ1) is 5.72. The maximum Gasteiger partial charge on any atom is 0.315 e. The van der Waals surface area contributed by atoms with Crippen molar-refractivity contribution < 1.29 is 4.79 Å². The maximum atomic E-state index is 11.1. The molecule has 4 heteroatoms. The van der Waals surface area contributed by atoms with E-state index in [1.165, 1.54) is 0 Å². The van der Waals surface area contributed by atoms with Crippen molar-refractivity contribution in [3.8, 4) is 0 Å². The smallest absolute Gasteiger partial charge is 0.315 e. The van der Waals surface area contributed by atoms with E-state index in [-0.39, 0.29) is 6.03 Å². The average Bonchev–Trinajstić information content (AvgIpc) is 2.84. The van der Waals surface area contributed by atoms with E-state index in [9.17, 15) is 4.79 Å². The number of urea groups is 1. The third-order valence-electron chi connectivity index (χ3n) is 1.97. The van der Waals surface area contributed by atoms with Crippen LogP contribution in [0.4, 0.5) is 4.79 Å². The monoisotopic (exact) mass is 171 g/mol. The molecule has 1 fully saturated rings. The molecule has 0 aromatic heterocycles. The van der Waals surface area contributed by atoms with Crippen LogP contribution in [0.5, 0.6) is 0 Å². The Hall–Kier alpha value is -0.770. The highest BCUT2D eigenvalue weighted by molar-refractivity contribution is 5.74. The van der Waals surface area contributed by atoms with Gasteiger partial charge in [0.15, 0.2) is 0 Å². The zero-order valence-electron chi connectivity index (χ0n) is 7.68. The fourth-order valence-electron chi connectivity index (χ4n) is 0.812. The minimum atomic E-state index is -0.0420. The molecule has 4 nitrogen and oxygen atoms in total. The summed E-state index contributed by atoms with van der Waals surface area (Å²) in [5.41, 5.74) is 0. The van der Waals surface area contributed by atoms with Crippen LogP contribution in [0.1, 0.15) is 19.8 Å². The van der Waals surface area contributed by atoms with Gasteiger partial charge in [0.1, 0.15) is 0 Å².